The summed E-state index contributed by atoms with van der Waals surface area (Å²) in [5, 5.41) is 0.978. The quantitative estimate of drug-likeness (QED) is 0.862. The Morgan fingerprint density at radius 3 is 2.74 bits per heavy atom. The number of hydrogen-bond donors (Lipinski definition) is 0. The minimum Gasteiger partial charge on any atom is -0.373 e. The molecule has 2 atom stereocenters. The third kappa shape index (κ3) is 4.07. The molecule has 2 heterocycles. The Morgan fingerprint density at radius 2 is 2.04 bits per heavy atom. The summed E-state index contributed by atoms with van der Waals surface area (Å²) in [5.74, 6) is 0.130. The first-order valence-electron chi connectivity index (χ1n) is 7.97. The number of likely N-dealkylation sites (N-methyl/N-ethyl adjacent to an activating group) is 1. The predicted octanol–water partition coefficient (Wildman–Crippen LogP) is 2.36. The van der Waals surface area contributed by atoms with Crippen molar-refractivity contribution in [1.82, 2.24) is 14.8 Å². The summed E-state index contributed by atoms with van der Waals surface area (Å²) >= 11 is 1.65. The monoisotopic (exact) mass is 333 g/mol. The van der Waals surface area contributed by atoms with E-state index in [-0.39, 0.29) is 18.1 Å². The Bertz CT molecular complexity index is 644. The van der Waals surface area contributed by atoms with E-state index >= 15 is 0 Å². The molecule has 0 bridgehead atoms. The summed E-state index contributed by atoms with van der Waals surface area (Å²) in [6.45, 7) is 6.74. The number of fused-ring (bicyclic) bond motifs is 1. The Kier molecular flexibility index (Phi) is 4.94. The van der Waals surface area contributed by atoms with Crippen LogP contribution in [0.15, 0.2) is 24.3 Å². The van der Waals surface area contributed by atoms with Crippen molar-refractivity contribution in [1.29, 1.82) is 0 Å². The Hall–Kier alpha value is -1.50. The average Bonchev–Trinajstić information content (AvgIpc) is 2.88. The average molecular weight is 333 g/mol. The fraction of sp³-hybridized carbons (Fsp3) is 0.529. The summed E-state index contributed by atoms with van der Waals surface area (Å²) in [4.78, 5) is 21.0. The van der Waals surface area contributed by atoms with E-state index in [2.05, 4.69) is 29.8 Å². The smallest absolute Gasteiger partial charge is 0.236 e. The highest BCUT2D eigenvalue weighted by atomic mass is 32.1. The Labute approximate surface area is 140 Å². The van der Waals surface area contributed by atoms with Gasteiger partial charge in [0.2, 0.25) is 5.91 Å². The summed E-state index contributed by atoms with van der Waals surface area (Å²) in [5.41, 5.74) is 1.00. The van der Waals surface area contributed by atoms with Crippen LogP contribution in [0.3, 0.4) is 0 Å². The number of nitrogens with zero attached hydrogens (tertiary/aromatic N) is 3. The summed E-state index contributed by atoms with van der Waals surface area (Å²) in [7, 11) is 1.85. The number of hydrogen-bond acceptors (Lipinski definition) is 5. The summed E-state index contributed by atoms with van der Waals surface area (Å²) < 4.78 is 6.88. The van der Waals surface area contributed by atoms with Crippen LogP contribution in [0.1, 0.15) is 18.9 Å². The second-order valence-corrected chi connectivity index (χ2v) is 7.39. The molecule has 1 saturated heterocycles. The molecule has 1 aliphatic heterocycles. The van der Waals surface area contributed by atoms with Gasteiger partial charge in [0.1, 0.15) is 5.01 Å². The van der Waals surface area contributed by atoms with E-state index in [0.29, 0.717) is 13.1 Å². The standard InChI is InChI=1S/C17H23N3O2S/c1-12-8-20(9-13(2)22-12)11-17(21)19(3)10-16-18-14-6-4-5-7-15(14)23-16/h4-7,12-13H,8-11H2,1-3H3/t12-,13+. The number of thiazole rings is 1. The van der Waals surface area contributed by atoms with Gasteiger partial charge in [-0.2, -0.15) is 0 Å². The van der Waals surface area contributed by atoms with Crippen molar-refractivity contribution in [3.8, 4) is 0 Å². The lowest BCUT2D eigenvalue weighted by atomic mass is 10.2. The molecule has 1 aromatic carbocycles. The molecule has 1 aliphatic rings. The highest BCUT2D eigenvalue weighted by Crippen LogP contribution is 2.22. The molecule has 3 rings (SSSR count). The number of morpholine rings is 1. The zero-order valence-corrected chi connectivity index (χ0v) is 14.7. The number of para-hydroxylation sites is 1. The summed E-state index contributed by atoms with van der Waals surface area (Å²) in [6, 6.07) is 8.07. The fourth-order valence-electron chi connectivity index (χ4n) is 3.00. The minimum atomic E-state index is 0.130. The van der Waals surface area contributed by atoms with Gasteiger partial charge in [-0.05, 0) is 26.0 Å². The Balaban J connectivity index is 1.58. The van der Waals surface area contributed by atoms with Gasteiger partial charge in [0.25, 0.3) is 0 Å². The fourth-order valence-corrected chi connectivity index (χ4v) is 4.03. The van der Waals surface area contributed by atoms with Crippen molar-refractivity contribution in [2.45, 2.75) is 32.6 Å². The number of carbonyl (C=O) groups excluding carboxylic acids is 1. The van der Waals surface area contributed by atoms with Crippen LogP contribution in [-0.2, 0) is 16.1 Å². The van der Waals surface area contributed by atoms with Crippen molar-refractivity contribution < 1.29 is 9.53 Å². The molecule has 1 aromatic heterocycles. The zero-order chi connectivity index (χ0) is 16.4. The lowest BCUT2D eigenvalue weighted by molar-refractivity contribution is -0.135. The molecule has 0 unspecified atom stereocenters. The molecule has 0 radical (unpaired) electrons. The van der Waals surface area contributed by atoms with Crippen molar-refractivity contribution in [2.75, 3.05) is 26.7 Å². The molecule has 6 heteroatoms. The van der Waals surface area contributed by atoms with Crippen molar-refractivity contribution in [2.24, 2.45) is 0 Å². The van der Waals surface area contributed by atoms with E-state index in [1.165, 1.54) is 4.70 Å². The lowest BCUT2D eigenvalue weighted by Crippen LogP contribution is -2.49. The third-order valence-corrected chi connectivity index (χ3v) is 5.01. The van der Waals surface area contributed by atoms with Crippen LogP contribution in [0.4, 0.5) is 0 Å². The largest absolute Gasteiger partial charge is 0.373 e. The molecule has 5 nitrogen and oxygen atoms in total. The maximum absolute atomic E-state index is 12.5. The van der Waals surface area contributed by atoms with E-state index < -0.39 is 0 Å². The lowest BCUT2D eigenvalue weighted by Gasteiger charge is -2.35. The summed E-state index contributed by atoms with van der Waals surface area (Å²) in [6.07, 6.45) is 0.363. The van der Waals surface area contributed by atoms with E-state index in [1.54, 1.807) is 16.2 Å². The van der Waals surface area contributed by atoms with Crippen LogP contribution >= 0.6 is 11.3 Å². The first-order valence-corrected chi connectivity index (χ1v) is 8.79. The number of amides is 1. The maximum atomic E-state index is 12.5. The van der Waals surface area contributed by atoms with Crippen LogP contribution in [-0.4, -0.2) is 59.6 Å². The molecule has 0 saturated carbocycles. The van der Waals surface area contributed by atoms with Crippen molar-refractivity contribution in [3.05, 3.63) is 29.3 Å². The SMILES string of the molecule is C[C@@H]1CN(CC(=O)N(C)Cc2nc3ccccc3s2)C[C@H](C)O1. The van der Waals surface area contributed by atoms with Crippen LogP contribution in [0.25, 0.3) is 10.2 Å². The van der Waals surface area contributed by atoms with Gasteiger partial charge in [-0.3, -0.25) is 9.69 Å². The minimum absolute atomic E-state index is 0.130. The van der Waals surface area contributed by atoms with Crippen LogP contribution in [0.2, 0.25) is 0 Å². The molecule has 0 spiro atoms. The Morgan fingerprint density at radius 1 is 1.35 bits per heavy atom. The van der Waals surface area contributed by atoms with Crippen molar-refractivity contribution in [3.63, 3.8) is 0 Å². The van der Waals surface area contributed by atoms with E-state index in [9.17, 15) is 4.79 Å². The molecule has 23 heavy (non-hydrogen) atoms. The van der Waals surface area contributed by atoms with E-state index in [4.69, 9.17) is 4.74 Å². The van der Waals surface area contributed by atoms with E-state index in [1.807, 2.05) is 25.2 Å². The molecular formula is C17H23N3O2S. The molecule has 1 fully saturated rings. The van der Waals surface area contributed by atoms with Gasteiger partial charge in [0, 0.05) is 20.1 Å². The second-order valence-electron chi connectivity index (χ2n) is 6.28. The van der Waals surface area contributed by atoms with Crippen LogP contribution < -0.4 is 0 Å². The first kappa shape index (κ1) is 16.4. The number of carbonyl (C=O) groups is 1. The van der Waals surface area contributed by atoms with Crippen molar-refractivity contribution >= 4 is 27.5 Å². The van der Waals surface area contributed by atoms with Gasteiger partial charge >= 0.3 is 0 Å². The molecule has 0 N–H and O–H groups in total. The number of ether oxygens (including phenoxy) is 1. The van der Waals surface area contributed by atoms with E-state index in [0.717, 1.165) is 23.6 Å². The second kappa shape index (κ2) is 6.95. The number of rotatable bonds is 4. The first-order chi connectivity index (χ1) is 11.0. The molecule has 124 valence electrons. The van der Waals surface area contributed by atoms with Gasteiger partial charge in [-0.15, -0.1) is 11.3 Å². The number of benzene rings is 1. The number of aromatic nitrogens is 1. The van der Waals surface area contributed by atoms with Gasteiger partial charge in [-0.1, -0.05) is 12.1 Å². The van der Waals surface area contributed by atoms with Gasteiger partial charge in [0.15, 0.2) is 0 Å². The normalized spacial score (nSPS) is 22.4. The highest BCUT2D eigenvalue weighted by molar-refractivity contribution is 7.18. The molecule has 1 amide bonds. The highest BCUT2D eigenvalue weighted by Gasteiger charge is 2.24. The van der Waals surface area contributed by atoms with Gasteiger partial charge < -0.3 is 9.64 Å². The zero-order valence-electron chi connectivity index (χ0n) is 13.9. The van der Waals surface area contributed by atoms with Crippen LogP contribution in [0, 0.1) is 0 Å². The maximum Gasteiger partial charge on any atom is 0.236 e. The third-order valence-electron chi connectivity index (χ3n) is 3.99. The van der Waals surface area contributed by atoms with Crippen LogP contribution in [0.5, 0.6) is 0 Å². The molecule has 2 aromatic rings. The molecular weight excluding hydrogens is 310 g/mol. The van der Waals surface area contributed by atoms with Gasteiger partial charge in [0.05, 0.1) is 35.5 Å². The van der Waals surface area contributed by atoms with Gasteiger partial charge in [-0.25, -0.2) is 4.98 Å². The molecule has 0 aliphatic carbocycles. The predicted molar refractivity (Wildman–Crippen MR) is 92.5 cm³/mol. The topological polar surface area (TPSA) is 45.7 Å².